The number of nitrogen functional groups attached to an aromatic ring is 1. The summed E-state index contributed by atoms with van der Waals surface area (Å²) in [7, 11) is 0. The third-order valence-corrected chi connectivity index (χ3v) is 4.05. The Hall–Kier alpha value is -3.05. The predicted molar refractivity (Wildman–Crippen MR) is 99.8 cm³/mol. The van der Waals surface area contributed by atoms with Crippen LogP contribution in [0.5, 0.6) is 0 Å². The Morgan fingerprint density at radius 2 is 2.00 bits per heavy atom. The number of halogens is 1. The van der Waals surface area contributed by atoms with Crippen LogP contribution in [0.2, 0.25) is 5.02 Å². The van der Waals surface area contributed by atoms with E-state index in [1.165, 1.54) is 6.21 Å². The maximum atomic E-state index is 12.0. The monoisotopic (exact) mass is 353 g/mol. The van der Waals surface area contributed by atoms with Crippen molar-refractivity contribution >= 4 is 29.4 Å². The molecule has 0 unspecified atom stereocenters. The minimum absolute atomic E-state index is 0.370. The number of carbonyl (C=O) groups excluding carboxylic acids is 1. The first-order valence-electron chi connectivity index (χ1n) is 7.59. The first-order chi connectivity index (χ1) is 12.0. The highest BCUT2D eigenvalue weighted by Gasteiger charge is 2.08. The van der Waals surface area contributed by atoms with Crippen molar-refractivity contribution in [2.24, 2.45) is 5.10 Å². The average Bonchev–Trinajstić information content (AvgIpc) is 3.06. The number of aryl methyl sites for hydroxylation is 1. The molecule has 0 atom stereocenters. The van der Waals surface area contributed by atoms with Gasteiger partial charge in [-0.1, -0.05) is 35.9 Å². The largest absolute Gasteiger partial charge is 0.455 e. The van der Waals surface area contributed by atoms with E-state index in [-0.39, 0.29) is 5.91 Å². The molecule has 2 aromatic carbocycles. The molecule has 0 radical (unpaired) electrons. The van der Waals surface area contributed by atoms with Crippen molar-refractivity contribution in [2.75, 3.05) is 5.73 Å². The normalized spacial score (nSPS) is 11.0. The van der Waals surface area contributed by atoms with Crippen LogP contribution in [-0.4, -0.2) is 12.1 Å². The number of amides is 1. The quantitative estimate of drug-likeness (QED) is 0.418. The van der Waals surface area contributed by atoms with Crippen LogP contribution in [0.25, 0.3) is 11.3 Å². The number of carbonyl (C=O) groups is 1. The number of nitrogens with zero attached hydrogens (tertiary/aromatic N) is 1. The third kappa shape index (κ3) is 3.89. The molecule has 0 aliphatic heterocycles. The standard InChI is InChI=1S/C19H16ClN3O2/c1-12-6-7-13(10-16(12)20)18-9-8-14(25-18)11-22-23-19(24)15-4-2-3-5-17(15)21/h2-11H,21H2,1H3,(H,23,24)/b22-11+. The molecule has 0 spiro atoms. The van der Waals surface area contributed by atoms with E-state index < -0.39 is 0 Å². The van der Waals surface area contributed by atoms with E-state index in [0.29, 0.717) is 27.8 Å². The summed E-state index contributed by atoms with van der Waals surface area (Å²) in [5, 5.41) is 4.58. The highest BCUT2D eigenvalue weighted by atomic mass is 35.5. The number of rotatable bonds is 4. The van der Waals surface area contributed by atoms with Crippen LogP contribution in [-0.2, 0) is 0 Å². The van der Waals surface area contributed by atoms with E-state index in [0.717, 1.165) is 11.1 Å². The van der Waals surface area contributed by atoms with Crippen LogP contribution in [0.1, 0.15) is 21.7 Å². The zero-order chi connectivity index (χ0) is 17.8. The van der Waals surface area contributed by atoms with E-state index in [2.05, 4.69) is 10.5 Å². The van der Waals surface area contributed by atoms with Crippen molar-refractivity contribution in [3.8, 4) is 11.3 Å². The lowest BCUT2D eigenvalue weighted by Crippen LogP contribution is -2.18. The van der Waals surface area contributed by atoms with E-state index in [4.69, 9.17) is 21.8 Å². The fraction of sp³-hybridized carbons (Fsp3) is 0.0526. The molecule has 0 saturated heterocycles. The minimum atomic E-state index is -0.383. The molecule has 0 fully saturated rings. The Kier molecular flexibility index (Phi) is 4.86. The number of hydrogen-bond donors (Lipinski definition) is 2. The van der Waals surface area contributed by atoms with Gasteiger partial charge >= 0.3 is 0 Å². The van der Waals surface area contributed by atoms with E-state index >= 15 is 0 Å². The highest BCUT2D eigenvalue weighted by molar-refractivity contribution is 6.31. The van der Waals surface area contributed by atoms with Crippen LogP contribution in [0.3, 0.4) is 0 Å². The number of benzene rings is 2. The van der Waals surface area contributed by atoms with Gasteiger partial charge in [-0.3, -0.25) is 4.79 Å². The van der Waals surface area contributed by atoms with Gasteiger partial charge in [0.15, 0.2) is 0 Å². The molecule has 0 aliphatic carbocycles. The zero-order valence-electron chi connectivity index (χ0n) is 13.5. The smallest absolute Gasteiger partial charge is 0.273 e. The van der Waals surface area contributed by atoms with Gasteiger partial charge in [0.25, 0.3) is 5.91 Å². The van der Waals surface area contributed by atoms with Crippen LogP contribution in [0.15, 0.2) is 64.1 Å². The fourth-order valence-electron chi connectivity index (χ4n) is 2.24. The van der Waals surface area contributed by atoms with Crippen molar-refractivity contribution < 1.29 is 9.21 Å². The van der Waals surface area contributed by atoms with Crippen LogP contribution >= 0.6 is 11.6 Å². The minimum Gasteiger partial charge on any atom is -0.455 e. The molecule has 0 saturated carbocycles. The summed E-state index contributed by atoms with van der Waals surface area (Å²) in [5.74, 6) is 0.793. The summed E-state index contributed by atoms with van der Waals surface area (Å²) in [6.45, 7) is 1.94. The highest BCUT2D eigenvalue weighted by Crippen LogP contribution is 2.26. The van der Waals surface area contributed by atoms with Gasteiger partial charge in [-0.15, -0.1) is 0 Å². The summed E-state index contributed by atoms with van der Waals surface area (Å²) in [4.78, 5) is 12.0. The summed E-state index contributed by atoms with van der Waals surface area (Å²) in [6, 6.07) is 16.1. The van der Waals surface area contributed by atoms with Crippen LogP contribution in [0.4, 0.5) is 5.69 Å². The van der Waals surface area contributed by atoms with E-state index in [9.17, 15) is 4.79 Å². The Morgan fingerprint density at radius 1 is 1.20 bits per heavy atom. The lowest BCUT2D eigenvalue weighted by atomic mass is 10.1. The number of hydrazone groups is 1. The van der Waals surface area contributed by atoms with Crippen molar-refractivity contribution in [2.45, 2.75) is 6.92 Å². The maximum absolute atomic E-state index is 12.0. The van der Waals surface area contributed by atoms with Crippen molar-refractivity contribution in [1.29, 1.82) is 0 Å². The Labute approximate surface area is 150 Å². The lowest BCUT2D eigenvalue weighted by Gasteiger charge is -2.02. The predicted octanol–water partition coefficient (Wildman–Crippen LogP) is 4.25. The summed E-state index contributed by atoms with van der Waals surface area (Å²) in [6.07, 6.45) is 1.43. The second-order valence-corrected chi connectivity index (χ2v) is 5.86. The fourth-order valence-corrected chi connectivity index (χ4v) is 2.42. The number of nitrogens with one attached hydrogen (secondary N) is 1. The summed E-state index contributed by atoms with van der Waals surface area (Å²) >= 11 is 6.13. The van der Waals surface area contributed by atoms with Gasteiger partial charge in [-0.2, -0.15) is 5.10 Å². The Bertz CT molecular complexity index is 947. The van der Waals surface area contributed by atoms with Crippen molar-refractivity contribution in [1.82, 2.24) is 5.43 Å². The van der Waals surface area contributed by atoms with Crippen LogP contribution < -0.4 is 11.2 Å². The molecule has 25 heavy (non-hydrogen) atoms. The number of furan rings is 1. The van der Waals surface area contributed by atoms with Gasteiger partial charge in [0.2, 0.25) is 0 Å². The lowest BCUT2D eigenvalue weighted by molar-refractivity contribution is 0.0956. The molecule has 3 aromatic rings. The molecule has 5 nitrogen and oxygen atoms in total. The molecule has 126 valence electrons. The van der Waals surface area contributed by atoms with Gasteiger partial charge in [-0.05, 0) is 42.8 Å². The zero-order valence-corrected chi connectivity index (χ0v) is 14.2. The van der Waals surface area contributed by atoms with Crippen molar-refractivity contribution in [3.63, 3.8) is 0 Å². The molecule has 0 aliphatic rings. The molecule has 3 N–H and O–H groups in total. The number of hydrogen-bond acceptors (Lipinski definition) is 4. The molecular formula is C19H16ClN3O2. The van der Waals surface area contributed by atoms with Gasteiger partial charge in [0.05, 0.1) is 11.8 Å². The number of anilines is 1. The summed E-state index contributed by atoms with van der Waals surface area (Å²) < 4.78 is 5.69. The Morgan fingerprint density at radius 3 is 2.76 bits per heavy atom. The van der Waals surface area contributed by atoms with Crippen molar-refractivity contribution in [3.05, 3.63) is 76.5 Å². The first kappa shape index (κ1) is 16.8. The summed E-state index contributed by atoms with van der Waals surface area (Å²) in [5.41, 5.74) is 10.8. The Balaban J connectivity index is 1.69. The molecular weight excluding hydrogens is 338 g/mol. The maximum Gasteiger partial charge on any atom is 0.273 e. The molecule has 1 amide bonds. The molecule has 0 bridgehead atoms. The van der Waals surface area contributed by atoms with Gasteiger partial charge in [0, 0.05) is 16.3 Å². The molecule has 1 aromatic heterocycles. The first-order valence-corrected chi connectivity index (χ1v) is 7.96. The second kappa shape index (κ2) is 7.23. The number of nitrogens with two attached hydrogens (primary N) is 1. The molecule has 3 rings (SSSR count). The average molecular weight is 354 g/mol. The van der Waals surface area contributed by atoms with Gasteiger partial charge < -0.3 is 10.2 Å². The van der Waals surface area contributed by atoms with Crippen LogP contribution in [0, 0.1) is 6.92 Å². The van der Waals surface area contributed by atoms with Gasteiger partial charge in [-0.25, -0.2) is 5.43 Å². The second-order valence-electron chi connectivity index (χ2n) is 5.45. The molecule has 6 heteroatoms. The van der Waals surface area contributed by atoms with E-state index in [1.807, 2.05) is 31.2 Å². The number of para-hydroxylation sites is 1. The van der Waals surface area contributed by atoms with Gasteiger partial charge in [0.1, 0.15) is 11.5 Å². The topological polar surface area (TPSA) is 80.6 Å². The molecule has 1 heterocycles. The van der Waals surface area contributed by atoms with E-state index in [1.54, 1.807) is 30.3 Å². The third-order valence-electron chi connectivity index (χ3n) is 3.65. The SMILES string of the molecule is Cc1ccc(-c2ccc(/C=N/NC(=O)c3ccccc3N)o2)cc1Cl.